The molecular weight excluding hydrogens is 613 g/mol. The number of methoxy groups -OCH3 is 1. The Kier molecular flexibility index (Phi) is 9.98. The lowest BCUT2D eigenvalue weighted by Gasteiger charge is -2.32. The number of aromatic nitrogens is 2. The highest BCUT2D eigenvalue weighted by atomic mass is 79.9. The van der Waals surface area contributed by atoms with E-state index in [0.717, 1.165) is 16.8 Å². The summed E-state index contributed by atoms with van der Waals surface area (Å²) in [5.41, 5.74) is -3.11. The van der Waals surface area contributed by atoms with E-state index in [0.29, 0.717) is 0 Å². The molecule has 210 valence electrons. The Balaban J connectivity index is 1.88. The Hall–Kier alpha value is -2.03. The minimum atomic E-state index is -4.39. The second kappa shape index (κ2) is 12.4. The lowest BCUT2D eigenvalue weighted by atomic mass is 10.1. The van der Waals surface area contributed by atoms with Gasteiger partial charge in [-0.05, 0) is 26.0 Å². The molecule has 1 aromatic heterocycles. The number of aliphatic hydroxyl groups is 1. The number of alkyl halides is 2. The molecule has 0 radical (unpaired) electrons. The van der Waals surface area contributed by atoms with Crippen LogP contribution in [0.1, 0.15) is 20.1 Å². The minimum absolute atomic E-state index is 0.0567. The van der Waals surface area contributed by atoms with Gasteiger partial charge in [0.25, 0.3) is 5.56 Å². The number of carbonyl (C=O) groups is 1. The summed E-state index contributed by atoms with van der Waals surface area (Å²) >= 11 is 9.64. The standard InChI is InChI=1S/C22H28BrClN3O10P/c1-4-34-19(30)21(2,13-33-3)26-38(32,37-14-8-6-5-7-9-14)35-12-15-17(29)22(23,24)18(36-15)27-11-10-16(28)25-20(27)31/h5-11,15,17-18,29H,4,12-13H2,1-3H3,(H,26,32)(H,25,28,31)/t15-,17-,18-,21?,22+,38?/m1/s1. The van der Waals surface area contributed by atoms with Crippen LogP contribution in [-0.2, 0) is 28.1 Å². The Labute approximate surface area is 231 Å². The second-order valence-corrected chi connectivity index (χ2v) is 12.5. The third-order valence-corrected chi connectivity index (χ3v) is 8.38. The molecule has 0 amide bonds. The Bertz CT molecular complexity index is 1280. The highest BCUT2D eigenvalue weighted by Gasteiger charge is 2.56. The number of halogens is 2. The molecule has 1 aliphatic heterocycles. The molecule has 16 heteroatoms. The number of para-hydroxylation sites is 1. The third kappa shape index (κ3) is 6.93. The molecule has 13 nitrogen and oxygen atoms in total. The van der Waals surface area contributed by atoms with E-state index in [4.69, 9.17) is 34.9 Å². The van der Waals surface area contributed by atoms with E-state index >= 15 is 0 Å². The highest BCUT2D eigenvalue weighted by Crippen LogP contribution is 2.51. The molecular formula is C22H28BrClN3O10P. The van der Waals surface area contributed by atoms with E-state index in [1.165, 1.54) is 26.2 Å². The SMILES string of the molecule is CCOC(=O)C(C)(COC)NP(=O)(OC[C@H]1O[C@@H](n2ccc(=O)[nH]c2=O)[C@](Cl)(Br)[C@@H]1O)Oc1ccccc1. The van der Waals surface area contributed by atoms with Gasteiger partial charge in [0.1, 0.15) is 23.5 Å². The zero-order valence-electron chi connectivity index (χ0n) is 20.7. The number of benzene rings is 1. The van der Waals surface area contributed by atoms with Gasteiger partial charge in [-0.2, -0.15) is 5.09 Å². The maximum absolute atomic E-state index is 14.0. The fraction of sp³-hybridized carbons (Fsp3) is 0.500. The number of aliphatic hydroxyl groups excluding tert-OH is 1. The molecule has 1 saturated heterocycles. The lowest BCUT2D eigenvalue weighted by Crippen LogP contribution is -2.53. The Morgan fingerprint density at radius 2 is 2.03 bits per heavy atom. The zero-order valence-corrected chi connectivity index (χ0v) is 23.9. The van der Waals surface area contributed by atoms with Crippen LogP contribution in [0.2, 0.25) is 0 Å². The molecule has 38 heavy (non-hydrogen) atoms. The summed E-state index contributed by atoms with van der Waals surface area (Å²) in [6.07, 6.45) is -2.87. The summed E-state index contributed by atoms with van der Waals surface area (Å²) in [7, 11) is -3.05. The summed E-state index contributed by atoms with van der Waals surface area (Å²) < 4.78 is 40.5. The van der Waals surface area contributed by atoms with Crippen LogP contribution in [0.4, 0.5) is 0 Å². The maximum atomic E-state index is 14.0. The smallest absolute Gasteiger partial charge is 0.459 e. The van der Waals surface area contributed by atoms with E-state index in [2.05, 4.69) is 26.0 Å². The van der Waals surface area contributed by atoms with Gasteiger partial charge in [0.05, 0.1) is 19.8 Å². The average Bonchev–Trinajstić information content (AvgIpc) is 3.07. The van der Waals surface area contributed by atoms with Crippen LogP contribution in [-0.4, -0.2) is 69.1 Å². The molecule has 1 fully saturated rings. The first-order chi connectivity index (χ1) is 17.8. The summed E-state index contributed by atoms with van der Waals surface area (Å²) in [6, 6.07) is 9.13. The molecule has 0 aliphatic carbocycles. The number of carbonyl (C=O) groups excluding carboxylic acids is 1. The summed E-state index contributed by atoms with van der Waals surface area (Å²) in [5, 5.41) is 13.4. The van der Waals surface area contributed by atoms with E-state index in [1.54, 1.807) is 25.1 Å². The van der Waals surface area contributed by atoms with Crippen molar-refractivity contribution in [1.82, 2.24) is 14.6 Å². The third-order valence-electron chi connectivity index (χ3n) is 5.40. The number of nitrogens with zero attached hydrogens (tertiary/aromatic N) is 1. The molecule has 0 bridgehead atoms. The summed E-state index contributed by atoms with van der Waals surface area (Å²) in [5.74, 6) is -0.609. The topological polar surface area (TPSA) is 167 Å². The van der Waals surface area contributed by atoms with Crippen LogP contribution in [0.3, 0.4) is 0 Å². The molecule has 2 unspecified atom stereocenters. The first-order valence-corrected chi connectivity index (χ1v) is 14.0. The van der Waals surface area contributed by atoms with Gasteiger partial charge in [0.2, 0.25) is 0 Å². The van der Waals surface area contributed by atoms with E-state index in [-0.39, 0.29) is 19.0 Å². The number of rotatable bonds is 12. The predicted octanol–water partition coefficient (Wildman–Crippen LogP) is 1.89. The number of nitrogens with one attached hydrogen (secondary N) is 2. The molecule has 6 atom stereocenters. The van der Waals surface area contributed by atoms with Gasteiger partial charge >= 0.3 is 19.4 Å². The van der Waals surface area contributed by atoms with Crippen molar-refractivity contribution >= 4 is 41.2 Å². The maximum Gasteiger partial charge on any atom is 0.459 e. The molecule has 1 aliphatic rings. The molecule has 3 rings (SSSR count). The second-order valence-electron chi connectivity index (χ2n) is 8.46. The van der Waals surface area contributed by atoms with Crippen molar-refractivity contribution in [3.05, 3.63) is 63.4 Å². The van der Waals surface area contributed by atoms with Crippen LogP contribution in [0.5, 0.6) is 5.75 Å². The van der Waals surface area contributed by atoms with Crippen molar-refractivity contribution in [1.29, 1.82) is 0 Å². The highest BCUT2D eigenvalue weighted by molar-refractivity contribution is 9.10. The fourth-order valence-electron chi connectivity index (χ4n) is 3.61. The first kappa shape index (κ1) is 30.5. The molecule has 2 heterocycles. The molecule has 3 N–H and O–H groups in total. The normalized spacial score (nSPS) is 26.3. The van der Waals surface area contributed by atoms with E-state index in [9.17, 15) is 24.1 Å². The number of aromatic amines is 1. The molecule has 0 saturated carbocycles. The van der Waals surface area contributed by atoms with Crippen LogP contribution in [0.25, 0.3) is 0 Å². The van der Waals surface area contributed by atoms with Crippen molar-refractivity contribution in [3.8, 4) is 5.75 Å². The van der Waals surface area contributed by atoms with Crippen LogP contribution in [0.15, 0.2) is 52.2 Å². The van der Waals surface area contributed by atoms with Gasteiger partial charge in [-0.15, -0.1) is 0 Å². The lowest BCUT2D eigenvalue weighted by molar-refractivity contribution is -0.152. The van der Waals surface area contributed by atoms with E-state index < -0.39 is 59.3 Å². The molecule has 1 aromatic carbocycles. The quantitative estimate of drug-likeness (QED) is 0.176. The molecule has 2 aromatic rings. The fourth-order valence-corrected chi connectivity index (χ4v) is 6.20. The van der Waals surface area contributed by atoms with Gasteiger partial charge in [-0.3, -0.25) is 18.9 Å². The van der Waals surface area contributed by atoms with Gasteiger partial charge in [0, 0.05) is 19.4 Å². The monoisotopic (exact) mass is 639 g/mol. The Morgan fingerprint density at radius 3 is 2.63 bits per heavy atom. The number of hydrogen-bond acceptors (Lipinski definition) is 10. The van der Waals surface area contributed by atoms with Crippen molar-refractivity contribution in [2.45, 2.75) is 41.6 Å². The Morgan fingerprint density at radius 1 is 1.34 bits per heavy atom. The first-order valence-electron chi connectivity index (χ1n) is 11.3. The van der Waals surface area contributed by atoms with Crippen LogP contribution >= 0.6 is 35.3 Å². The zero-order chi connectivity index (χ0) is 28.1. The minimum Gasteiger partial charge on any atom is -0.465 e. The largest absolute Gasteiger partial charge is 0.465 e. The number of hydrogen-bond donors (Lipinski definition) is 3. The van der Waals surface area contributed by atoms with E-state index in [1.807, 2.05) is 0 Å². The van der Waals surface area contributed by atoms with Crippen molar-refractivity contribution in [2.75, 3.05) is 26.9 Å². The average molecular weight is 641 g/mol. The van der Waals surface area contributed by atoms with Crippen molar-refractivity contribution in [2.24, 2.45) is 0 Å². The van der Waals surface area contributed by atoms with Crippen LogP contribution in [0, 0.1) is 0 Å². The van der Waals surface area contributed by atoms with Crippen LogP contribution < -0.4 is 20.9 Å². The summed E-state index contributed by atoms with van der Waals surface area (Å²) in [4.78, 5) is 38.5. The molecule has 0 spiro atoms. The number of H-pyrrole nitrogens is 1. The van der Waals surface area contributed by atoms with Gasteiger partial charge in [-0.1, -0.05) is 45.7 Å². The number of ether oxygens (including phenoxy) is 3. The van der Waals surface area contributed by atoms with Gasteiger partial charge < -0.3 is 23.8 Å². The van der Waals surface area contributed by atoms with Crippen molar-refractivity contribution < 1.29 is 37.7 Å². The van der Waals surface area contributed by atoms with Gasteiger partial charge in [0.15, 0.2) is 10.0 Å². The number of esters is 1. The van der Waals surface area contributed by atoms with Crippen molar-refractivity contribution in [3.63, 3.8) is 0 Å². The summed E-state index contributed by atoms with van der Waals surface area (Å²) in [6.45, 7) is 2.27. The van der Waals surface area contributed by atoms with Gasteiger partial charge in [-0.25, -0.2) is 14.2 Å². The predicted molar refractivity (Wildman–Crippen MR) is 139 cm³/mol.